The number of aromatic nitrogens is 1. The first-order valence-corrected chi connectivity index (χ1v) is 9.48. The highest BCUT2D eigenvalue weighted by Crippen LogP contribution is 2.25. The highest BCUT2D eigenvalue weighted by Gasteiger charge is 2.10. The van der Waals surface area contributed by atoms with E-state index in [2.05, 4.69) is 81.7 Å². The summed E-state index contributed by atoms with van der Waals surface area (Å²) in [6.07, 6.45) is 2.08. The molecule has 1 aromatic heterocycles. The van der Waals surface area contributed by atoms with Crippen LogP contribution in [0.3, 0.4) is 0 Å². The van der Waals surface area contributed by atoms with Crippen LogP contribution < -0.4 is 10.6 Å². The number of benzene rings is 3. The van der Waals surface area contributed by atoms with E-state index < -0.39 is 0 Å². The predicted octanol–water partition coefficient (Wildman–Crippen LogP) is 5.14. The molecule has 0 bridgehead atoms. The van der Waals surface area contributed by atoms with Crippen LogP contribution in [0, 0.1) is 11.3 Å². The smallest absolute Gasteiger partial charge is 0.0991 e. The maximum atomic E-state index is 9.06. The van der Waals surface area contributed by atoms with Crippen molar-refractivity contribution in [1.82, 2.24) is 4.57 Å². The quantitative estimate of drug-likeness (QED) is 0.447. The van der Waals surface area contributed by atoms with E-state index in [1.807, 2.05) is 31.2 Å². The fourth-order valence-electron chi connectivity index (χ4n) is 3.46. The summed E-state index contributed by atoms with van der Waals surface area (Å²) in [7, 11) is 0. The van der Waals surface area contributed by atoms with Crippen LogP contribution >= 0.6 is 15.9 Å². The minimum absolute atomic E-state index is 0.657. The van der Waals surface area contributed by atoms with E-state index in [0.29, 0.717) is 5.56 Å². The Balaban J connectivity index is 1.96. The Labute approximate surface area is 166 Å². The van der Waals surface area contributed by atoms with Crippen LogP contribution in [0.1, 0.15) is 12.5 Å². The van der Waals surface area contributed by atoms with E-state index in [1.54, 1.807) is 0 Å². The number of rotatable bonds is 2. The number of hydrogen-bond acceptors (Lipinski definition) is 1. The minimum atomic E-state index is 0.657. The van der Waals surface area contributed by atoms with Crippen molar-refractivity contribution in [1.29, 1.82) is 5.26 Å². The van der Waals surface area contributed by atoms with Crippen molar-refractivity contribution in [2.45, 2.75) is 6.92 Å². The zero-order valence-electron chi connectivity index (χ0n) is 14.9. The van der Waals surface area contributed by atoms with Gasteiger partial charge in [-0.1, -0.05) is 46.8 Å². The lowest BCUT2D eigenvalue weighted by Crippen LogP contribution is -2.26. The number of nitriles is 1. The molecule has 0 N–H and O–H groups in total. The van der Waals surface area contributed by atoms with Gasteiger partial charge in [0, 0.05) is 26.1 Å². The minimum Gasteiger partial charge on any atom is -0.310 e. The molecule has 3 heteroatoms. The standard InChI is InChI=1S/C24H17BrN2/c1-3-23-16(2)22-14-19(18-6-9-20(25)10-7-18)8-13-24(22)27(23)21-11-4-17(15-26)5-12-21/h3-14H,2H2,1H3/b23-3+. The summed E-state index contributed by atoms with van der Waals surface area (Å²) in [5.41, 5.74) is 5.13. The molecular formula is C24H17BrN2. The van der Waals surface area contributed by atoms with Gasteiger partial charge in [0.25, 0.3) is 0 Å². The third kappa shape index (κ3) is 2.99. The third-order valence-electron chi connectivity index (χ3n) is 4.82. The molecule has 0 saturated carbocycles. The number of nitrogens with zero attached hydrogens (tertiary/aromatic N) is 2. The summed E-state index contributed by atoms with van der Waals surface area (Å²) < 4.78 is 3.27. The van der Waals surface area contributed by atoms with Crippen LogP contribution in [-0.2, 0) is 0 Å². The van der Waals surface area contributed by atoms with Crippen molar-refractivity contribution in [3.05, 3.63) is 87.3 Å². The van der Waals surface area contributed by atoms with Crippen LogP contribution in [0.15, 0.2) is 71.2 Å². The van der Waals surface area contributed by atoms with Crippen molar-refractivity contribution in [3.8, 4) is 22.9 Å². The molecule has 4 aromatic rings. The third-order valence-corrected chi connectivity index (χ3v) is 5.35. The Morgan fingerprint density at radius 2 is 1.63 bits per heavy atom. The van der Waals surface area contributed by atoms with E-state index in [9.17, 15) is 0 Å². The van der Waals surface area contributed by atoms with Crippen LogP contribution in [0.2, 0.25) is 0 Å². The predicted molar refractivity (Wildman–Crippen MR) is 116 cm³/mol. The molecule has 0 radical (unpaired) electrons. The molecule has 0 aliphatic rings. The van der Waals surface area contributed by atoms with Crippen molar-refractivity contribution >= 4 is 39.5 Å². The Hall–Kier alpha value is -3.09. The molecular weight excluding hydrogens is 396 g/mol. The average Bonchev–Trinajstić information content (AvgIpc) is 3.00. The van der Waals surface area contributed by atoms with Gasteiger partial charge in [-0.3, -0.25) is 0 Å². The molecule has 3 aromatic carbocycles. The largest absolute Gasteiger partial charge is 0.310 e. The molecule has 0 atom stereocenters. The summed E-state index contributed by atoms with van der Waals surface area (Å²) >= 11 is 3.49. The summed E-state index contributed by atoms with van der Waals surface area (Å²) in [6, 6.07) is 24.6. The molecule has 0 saturated heterocycles. The molecule has 27 heavy (non-hydrogen) atoms. The van der Waals surface area contributed by atoms with Crippen molar-refractivity contribution < 1.29 is 0 Å². The maximum Gasteiger partial charge on any atom is 0.0991 e. The van der Waals surface area contributed by atoms with Gasteiger partial charge in [-0.05, 0) is 66.6 Å². The Morgan fingerprint density at radius 1 is 0.963 bits per heavy atom. The van der Waals surface area contributed by atoms with Crippen LogP contribution in [0.25, 0.3) is 40.4 Å². The molecule has 0 unspecified atom stereocenters. The normalized spacial score (nSPS) is 11.7. The van der Waals surface area contributed by atoms with Gasteiger partial charge in [-0.2, -0.15) is 5.26 Å². The highest BCUT2D eigenvalue weighted by molar-refractivity contribution is 9.10. The van der Waals surface area contributed by atoms with Gasteiger partial charge in [-0.15, -0.1) is 0 Å². The number of fused-ring (bicyclic) bond motifs is 1. The molecule has 0 fully saturated rings. The lowest BCUT2D eigenvalue weighted by Gasteiger charge is -2.08. The van der Waals surface area contributed by atoms with Gasteiger partial charge in [-0.25, -0.2) is 0 Å². The zero-order chi connectivity index (χ0) is 19.0. The van der Waals surface area contributed by atoms with Gasteiger partial charge in [0.15, 0.2) is 0 Å². The summed E-state index contributed by atoms with van der Waals surface area (Å²) in [5, 5.41) is 12.3. The van der Waals surface area contributed by atoms with Gasteiger partial charge >= 0.3 is 0 Å². The second-order valence-corrected chi connectivity index (χ2v) is 7.30. The van der Waals surface area contributed by atoms with Crippen LogP contribution in [0.4, 0.5) is 0 Å². The molecule has 0 aliphatic carbocycles. The lowest BCUT2D eigenvalue weighted by molar-refractivity contribution is 1.07. The van der Waals surface area contributed by atoms with Gasteiger partial charge in [0.05, 0.1) is 17.1 Å². The first-order valence-electron chi connectivity index (χ1n) is 8.68. The Kier molecular flexibility index (Phi) is 4.43. The second kappa shape index (κ2) is 6.90. The zero-order valence-corrected chi connectivity index (χ0v) is 16.5. The second-order valence-electron chi connectivity index (χ2n) is 6.39. The first kappa shape index (κ1) is 17.3. The fourth-order valence-corrected chi connectivity index (χ4v) is 3.73. The SMILES string of the molecule is C=c1/c(=C\C)n(-c2ccc(C#N)cc2)c2ccc(-c3ccc(Br)cc3)cc12. The molecule has 1 heterocycles. The molecule has 4 rings (SSSR count). The topological polar surface area (TPSA) is 28.7 Å². The van der Waals surface area contributed by atoms with Crippen LogP contribution in [0.5, 0.6) is 0 Å². The van der Waals surface area contributed by atoms with E-state index in [4.69, 9.17) is 5.26 Å². The first-order chi connectivity index (χ1) is 13.1. The van der Waals surface area contributed by atoms with Crippen molar-refractivity contribution in [2.24, 2.45) is 0 Å². The summed E-state index contributed by atoms with van der Waals surface area (Å²) in [5.74, 6) is 0. The molecule has 130 valence electrons. The molecule has 0 spiro atoms. The van der Waals surface area contributed by atoms with Gasteiger partial charge in [0.1, 0.15) is 0 Å². The molecule has 2 nitrogen and oxygen atoms in total. The van der Waals surface area contributed by atoms with E-state index >= 15 is 0 Å². The van der Waals surface area contributed by atoms with Gasteiger partial charge in [0.2, 0.25) is 0 Å². The number of hydrogen-bond donors (Lipinski definition) is 0. The van der Waals surface area contributed by atoms with Gasteiger partial charge < -0.3 is 4.57 Å². The van der Waals surface area contributed by atoms with E-state index in [-0.39, 0.29) is 0 Å². The van der Waals surface area contributed by atoms with Crippen molar-refractivity contribution in [3.63, 3.8) is 0 Å². The maximum absolute atomic E-state index is 9.06. The fraction of sp³-hybridized carbons (Fsp3) is 0.0417. The lowest BCUT2D eigenvalue weighted by atomic mass is 10.0. The van der Waals surface area contributed by atoms with E-state index in [0.717, 1.165) is 31.6 Å². The summed E-state index contributed by atoms with van der Waals surface area (Å²) in [4.78, 5) is 0. The highest BCUT2D eigenvalue weighted by atomic mass is 79.9. The Bertz CT molecular complexity index is 1290. The Morgan fingerprint density at radius 3 is 2.26 bits per heavy atom. The molecule has 0 amide bonds. The molecule has 0 aliphatic heterocycles. The van der Waals surface area contributed by atoms with Crippen LogP contribution in [-0.4, -0.2) is 4.57 Å². The van der Waals surface area contributed by atoms with E-state index in [1.165, 1.54) is 11.1 Å². The average molecular weight is 413 g/mol. The van der Waals surface area contributed by atoms with Crippen molar-refractivity contribution in [2.75, 3.05) is 0 Å². The summed E-state index contributed by atoms with van der Waals surface area (Å²) in [6.45, 7) is 6.36. The number of halogens is 1. The monoisotopic (exact) mass is 412 g/mol.